The lowest BCUT2D eigenvalue weighted by molar-refractivity contribution is -0.143. The van der Waals surface area contributed by atoms with Crippen LogP contribution in [-0.2, 0) is 27.2 Å². The number of hydrogen-bond donors (Lipinski definition) is 0. The Labute approximate surface area is 304 Å². The molecule has 1 atom stereocenters. The molecule has 1 unspecified atom stereocenters. The number of esters is 1. The number of benzene rings is 2. The number of hydrogen-bond acceptors (Lipinski definition) is 6. The number of carbonyl (C=O) groups is 2. The van der Waals surface area contributed by atoms with E-state index in [0.717, 1.165) is 79.0 Å². The number of rotatable bonds is 21. The molecule has 1 fully saturated rings. The molecule has 0 N–H and O–H groups in total. The number of fused-ring (bicyclic) bond motifs is 2. The summed E-state index contributed by atoms with van der Waals surface area (Å²) in [6, 6.07) is 11.3. The second kappa shape index (κ2) is 20.2. The minimum absolute atomic E-state index is 0.0172. The van der Waals surface area contributed by atoms with E-state index in [-0.39, 0.29) is 17.7 Å². The van der Waals surface area contributed by atoms with Gasteiger partial charge in [-0.05, 0) is 60.0 Å². The van der Waals surface area contributed by atoms with Crippen molar-refractivity contribution in [1.82, 2.24) is 4.90 Å². The summed E-state index contributed by atoms with van der Waals surface area (Å²) < 4.78 is 20.6. The molecule has 50 heavy (non-hydrogen) atoms. The van der Waals surface area contributed by atoms with Crippen molar-refractivity contribution in [3.63, 3.8) is 0 Å². The Morgan fingerprint density at radius 2 is 1.48 bits per heavy atom. The van der Waals surface area contributed by atoms with Crippen LogP contribution in [0.1, 0.15) is 121 Å². The zero-order valence-electron chi connectivity index (χ0n) is 30.7. The zero-order valence-corrected chi connectivity index (χ0v) is 31.6. The first-order valence-corrected chi connectivity index (χ1v) is 20.5. The van der Waals surface area contributed by atoms with Crippen molar-refractivity contribution in [2.75, 3.05) is 49.6 Å². The fraction of sp³-hybridized carbons (Fsp3) is 0.619. The number of carbonyl (C=O) groups excluding carboxylic acids is 2. The van der Waals surface area contributed by atoms with Crippen LogP contribution in [-0.4, -0.2) is 62.7 Å². The summed E-state index contributed by atoms with van der Waals surface area (Å²) in [4.78, 5) is 33.0. The van der Waals surface area contributed by atoms with Gasteiger partial charge >= 0.3 is 5.97 Å². The molecule has 1 aromatic heterocycles. The van der Waals surface area contributed by atoms with Gasteiger partial charge in [0.25, 0.3) is 0 Å². The van der Waals surface area contributed by atoms with Crippen molar-refractivity contribution < 1.29 is 18.7 Å². The van der Waals surface area contributed by atoms with E-state index < -0.39 is 6.04 Å². The lowest BCUT2D eigenvalue weighted by atomic mass is 9.95. The minimum Gasteiger partial charge on any atom is -0.467 e. The topological polar surface area (TPSA) is 53.1 Å². The van der Waals surface area contributed by atoms with Gasteiger partial charge in [0.05, 0.1) is 7.11 Å². The normalized spacial score (nSPS) is 15.9. The molecule has 3 heterocycles. The molecule has 6 nitrogen and oxygen atoms in total. The quantitative estimate of drug-likeness (QED) is 0.0816. The van der Waals surface area contributed by atoms with Crippen LogP contribution >= 0.6 is 11.3 Å². The van der Waals surface area contributed by atoms with E-state index in [9.17, 15) is 14.0 Å². The van der Waals surface area contributed by atoms with Gasteiger partial charge in [-0.2, -0.15) is 0 Å². The maximum absolute atomic E-state index is 14.3. The Morgan fingerprint density at radius 3 is 2.14 bits per heavy atom. The summed E-state index contributed by atoms with van der Waals surface area (Å²) in [5, 5.41) is 3.16. The lowest BCUT2D eigenvalue weighted by Gasteiger charge is -2.37. The lowest BCUT2D eigenvalue weighted by Crippen LogP contribution is -2.48. The van der Waals surface area contributed by atoms with Gasteiger partial charge in [0.1, 0.15) is 11.9 Å². The number of ether oxygens (including phenoxy) is 1. The van der Waals surface area contributed by atoms with E-state index in [2.05, 4.69) is 41.0 Å². The largest absolute Gasteiger partial charge is 0.467 e. The van der Waals surface area contributed by atoms with Crippen LogP contribution in [0.2, 0.25) is 0 Å². The summed E-state index contributed by atoms with van der Waals surface area (Å²) in [6.07, 6.45) is 20.6. The van der Waals surface area contributed by atoms with Crippen molar-refractivity contribution in [3.05, 3.63) is 58.7 Å². The molecule has 2 aliphatic heterocycles. The molecule has 0 aliphatic carbocycles. The van der Waals surface area contributed by atoms with Crippen LogP contribution < -0.4 is 9.80 Å². The monoisotopic (exact) mass is 705 g/mol. The Morgan fingerprint density at radius 1 is 0.820 bits per heavy atom. The average molecular weight is 706 g/mol. The molecular weight excluding hydrogens is 646 g/mol. The standard InChI is InChI=1S/C42H60FN3O3S/c1-3-4-5-6-7-8-9-10-11-12-13-14-15-16-17-37(42(48)49-2)46-38-30-33(18-19-34(38)20-21-41(46)47)22-24-44-25-27-45(28-26-44)39-31-35(43)32-40-36(39)23-29-50-40/h18-19,23,29-32,37H,3-17,20-22,24-28H2,1-2H3. The third-order valence-corrected chi connectivity index (χ3v) is 11.7. The molecule has 0 spiro atoms. The Bertz CT molecular complexity index is 1500. The first kappa shape index (κ1) is 38.3. The molecule has 274 valence electrons. The van der Waals surface area contributed by atoms with Crippen LogP contribution in [0.3, 0.4) is 0 Å². The maximum Gasteiger partial charge on any atom is 0.328 e. The average Bonchev–Trinajstić information content (AvgIpc) is 3.61. The third kappa shape index (κ3) is 10.8. The van der Waals surface area contributed by atoms with Crippen LogP contribution in [0.5, 0.6) is 0 Å². The van der Waals surface area contributed by atoms with E-state index in [1.807, 2.05) is 5.38 Å². The molecule has 0 bridgehead atoms. The second-order valence-electron chi connectivity index (χ2n) is 14.5. The zero-order chi connectivity index (χ0) is 35.1. The first-order chi connectivity index (χ1) is 24.5. The summed E-state index contributed by atoms with van der Waals surface area (Å²) in [5.74, 6) is -0.475. The highest BCUT2D eigenvalue weighted by molar-refractivity contribution is 7.17. The summed E-state index contributed by atoms with van der Waals surface area (Å²) >= 11 is 1.58. The molecule has 5 rings (SSSR count). The molecule has 2 aromatic carbocycles. The molecule has 3 aromatic rings. The van der Waals surface area contributed by atoms with E-state index in [1.165, 1.54) is 89.7 Å². The molecule has 1 saturated heterocycles. The Hall–Kier alpha value is -2.97. The highest BCUT2D eigenvalue weighted by Gasteiger charge is 2.35. The number of halogens is 1. The number of amides is 1. The highest BCUT2D eigenvalue weighted by Crippen LogP contribution is 2.34. The van der Waals surface area contributed by atoms with Crippen LogP contribution in [0.15, 0.2) is 41.8 Å². The number of aryl methyl sites for hydroxylation is 1. The van der Waals surface area contributed by atoms with Gasteiger partial charge in [-0.1, -0.05) is 109 Å². The molecule has 8 heteroatoms. The van der Waals surface area contributed by atoms with Crippen LogP contribution in [0.4, 0.5) is 15.8 Å². The number of anilines is 2. The number of piperazine rings is 1. The summed E-state index contributed by atoms with van der Waals surface area (Å²) in [7, 11) is 1.43. The summed E-state index contributed by atoms with van der Waals surface area (Å²) in [6.45, 7) is 6.75. The molecule has 0 radical (unpaired) electrons. The van der Waals surface area contributed by atoms with Crippen molar-refractivity contribution >= 4 is 44.7 Å². The number of unbranched alkanes of at least 4 members (excludes halogenated alkanes) is 13. The molecular formula is C42H60FN3O3S. The predicted octanol–water partition coefficient (Wildman–Crippen LogP) is 10.1. The molecule has 1 amide bonds. The maximum atomic E-state index is 14.3. The number of nitrogens with zero attached hydrogens (tertiary/aromatic N) is 3. The van der Waals surface area contributed by atoms with E-state index in [1.54, 1.807) is 28.4 Å². The van der Waals surface area contributed by atoms with E-state index >= 15 is 0 Å². The Balaban J connectivity index is 1.08. The van der Waals surface area contributed by atoms with Crippen LogP contribution in [0, 0.1) is 5.82 Å². The summed E-state index contributed by atoms with van der Waals surface area (Å²) in [5.41, 5.74) is 4.19. The van der Waals surface area contributed by atoms with Crippen molar-refractivity contribution in [3.8, 4) is 0 Å². The van der Waals surface area contributed by atoms with Crippen molar-refractivity contribution in [2.24, 2.45) is 0 Å². The fourth-order valence-corrected chi connectivity index (χ4v) is 8.67. The van der Waals surface area contributed by atoms with Gasteiger partial charge in [-0.25, -0.2) is 9.18 Å². The first-order valence-electron chi connectivity index (χ1n) is 19.6. The van der Waals surface area contributed by atoms with Crippen molar-refractivity contribution in [2.45, 2.75) is 129 Å². The van der Waals surface area contributed by atoms with Crippen molar-refractivity contribution in [1.29, 1.82) is 0 Å². The van der Waals surface area contributed by atoms with E-state index in [0.29, 0.717) is 19.3 Å². The van der Waals surface area contributed by atoms with Gasteiger partial charge in [0.2, 0.25) is 5.91 Å². The fourth-order valence-electron chi connectivity index (χ4n) is 7.84. The molecule has 2 aliphatic rings. The Kier molecular flexibility index (Phi) is 15.4. The third-order valence-electron chi connectivity index (χ3n) is 10.8. The smallest absolute Gasteiger partial charge is 0.328 e. The second-order valence-corrected chi connectivity index (χ2v) is 15.4. The predicted molar refractivity (Wildman–Crippen MR) is 207 cm³/mol. The van der Waals surface area contributed by atoms with Gasteiger partial charge in [0.15, 0.2) is 0 Å². The highest BCUT2D eigenvalue weighted by atomic mass is 32.1. The van der Waals surface area contributed by atoms with E-state index in [4.69, 9.17) is 4.74 Å². The van der Waals surface area contributed by atoms with Gasteiger partial charge in [-0.15, -0.1) is 11.3 Å². The van der Waals surface area contributed by atoms with Gasteiger partial charge < -0.3 is 9.64 Å². The minimum atomic E-state index is -0.579. The number of thiophene rings is 1. The molecule has 0 saturated carbocycles. The van der Waals surface area contributed by atoms with Crippen LogP contribution in [0.25, 0.3) is 10.1 Å². The SMILES string of the molecule is CCCCCCCCCCCCCCCCC(C(=O)OC)N1C(=O)CCc2ccc(CCN3CCN(c4cc(F)cc5sccc45)CC3)cc21. The number of methoxy groups -OCH3 is 1. The van der Waals surface area contributed by atoms with Gasteiger partial charge in [0, 0.05) is 60.6 Å². The van der Waals surface area contributed by atoms with Gasteiger partial charge in [-0.3, -0.25) is 14.6 Å².